The second kappa shape index (κ2) is 47.2. The van der Waals surface area contributed by atoms with Crippen molar-refractivity contribution in [1.82, 2.24) is 5.32 Å². The van der Waals surface area contributed by atoms with Crippen molar-refractivity contribution in [1.29, 1.82) is 0 Å². The van der Waals surface area contributed by atoms with Crippen LogP contribution in [-0.2, 0) is 18.4 Å². The molecule has 6 N–H and O–H groups in total. The molecule has 4 atom stereocenters. The standard InChI is InChI=1S/C51H103N2O7P/c1-3-5-7-9-11-13-15-17-19-21-23-25-27-29-31-33-35-37-39-41-43-50(55)49(47-60-61(57,58)59-45-44-52)53-51(56)46-48(54)42-40-38-36-34-32-30-28-26-24-22-20-18-16-14-12-10-8-6-4-2/h26,28,48-50,54-55H,3-25,27,29-47,52H2,1-2H3,(H,53,56)(H,57,58)/b28-26-. The first-order valence-electron chi connectivity index (χ1n) is 26.4. The first kappa shape index (κ1) is 60.2. The fourth-order valence-electron chi connectivity index (χ4n) is 8.18. The van der Waals surface area contributed by atoms with Gasteiger partial charge in [0.15, 0.2) is 0 Å². The van der Waals surface area contributed by atoms with Gasteiger partial charge < -0.3 is 26.2 Å². The molecule has 0 radical (unpaired) electrons. The summed E-state index contributed by atoms with van der Waals surface area (Å²) in [6.45, 7) is 4.09. The largest absolute Gasteiger partial charge is 0.472 e. The van der Waals surface area contributed by atoms with E-state index in [2.05, 4.69) is 31.3 Å². The quantitative estimate of drug-likeness (QED) is 0.0230. The minimum absolute atomic E-state index is 0.0604. The lowest BCUT2D eigenvalue weighted by atomic mass is 10.0. The molecule has 0 aromatic carbocycles. The van der Waals surface area contributed by atoms with Crippen LogP contribution in [0.15, 0.2) is 12.2 Å². The van der Waals surface area contributed by atoms with Gasteiger partial charge in [0.1, 0.15) is 0 Å². The van der Waals surface area contributed by atoms with Crippen LogP contribution in [-0.4, -0.2) is 59.0 Å². The van der Waals surface area contributed by atoms with Gasteiger partial charge in [0.05, 0.1) is 37.9 Å². The van der Waals surface area contributed by atoms with Crippen LogP contribution in [0.4, 0.5) is 0 Å². The van der Waals surface area contributed by atoms with Crippen molar-refractivity contribution in [3.05, 3.63) is 12.2 Å². The number of amides is 1. The summed E-state index contributed by atoms with van der Waals surface area (Å²) in [5.74, 6) is -0.413. The van der Waals surface area contributed by atoms with Crippen LogP contribution in [0.25, 0.3) is 0 Å². The van der Waals surface area contributed by atoms with Crippen molar-refractivity contribution in [2.45, 2.75) is 289 Å². The van der Waals surface area contributed by atoms with Gasteiger partial charge in [-0.05, 0) is 38.5 Å². The van der Waals surface area contributed by atoms with E-state index >= 15 is 0 Å². The fraction of sp³-hybridized carbons (Fsp3) is 0.941. The van der Waals surface area contributed by atoms with Crippen LogP contribution < -0.4 is 11.1 Å². The van der Waals surface area contributed by atoms with Gasteiger partial charge in [-0.2, -0.15) is 0 Å². The molecular weight excluding hydrogens is 784 g/mol. The predicted octanol–water partition coefficient (Wildman–Crippen LogP) is 14.5. The van der Waals surface area contributed by atoms with Crippen LogP contribution in [0.1, 0.15) is 271 Å². The molecule has 364 valence electrons. The number of allylic oxidation sites excluding steroid dienone is 2. The van der Waals surface area contributed by atoms with Gasteiger partial charge in [-0.25, -0.2) is 4.57 Å². The summed E-state index contributed by atoms with van der Waals surface area (Å²) in [4.78, 5) is 22.9. The first-order valence-corrected chi connectivity index (χ1v) is 27.9. The maximum absolute atomic E-state index is 12.9. The molecule has 0 aromatic heterocycles. The molecule has 0 aromatic rings. The van der Waals surface area contributed by atoms with Gasteiger partial charge in [-0.3, -0.25) is 13.8 Å². The highest BCUT2D eigenvalue weighted by atomic mass is 31.2. The molecule has 61 heavy (non-hydrogen) atoms. The third-order valence-corrected chi connectivity index (χ3v) is 13.2. The van der Waals surface area contributed by atoms with Crippen molar-refractivity contribution in [3.63, 3.8) is 0 Å². The zero-order chi connectivity index (χ0) is 44.8. The van der Waals surface area contributed by atoms with E-state index in [1.54, 1.807) is 0 Å². The van der Waals surface area contributed by atoms with Gasteiger partial charge in [-0.1, -0.05) is 238 Å². The summed E-state index contributed by atoms with van der Waals surface area (Å²) in [6, 6.07) is -0.897. The molecule has 0 saturated carbocycles. The van der Waals surface area contributed by atoms with Gasteiger partial charge in [0.2, 0.25) is 5.91 Å². The second-order valence-electron chi connectivity index (χ2n) is 18.3. The number of phosphoric acid groups is 1. The Morgan fingerprint density at radius 3 is 1.26 bits per heavy atom. The number of aliphatic hydroxyl groups excluding tert-OH is 2. The van der Waals surface area contributed by atoms with Gasteiger partial charge in [0.25, 0.3) is 0 Å². The Hall–Kier alpha value is -0.800. The number of aliphatic hydroxyl groups is 2. The number of carbonyl (C=O) groups excluding carboxylic acids is 1. The highest BCUT2D eigenvalue weighted by molar-refractivity contribution is 7.47. The minimum atomic E-state index is -4.38. The van der Waals surface area contributed by atoms with Gasteiger partial charge in [0, 0.05) is 6.54 Å². The molecule has 0 aliphatic heterocycles. The Labute approximate surface area is 378 Å². The summed E-state index contributed by atoms with van der Waals surface area (Å²) in [5, 5.41) is 24.3. The summed E-state index contributed by atoms with van der Waals surface area (Å²) in [6.07, 6.45) is 51.2. The lowest BCUT2D eigenvalue weighted by molar-refractivity contribution is -0.125. The topological polar surface area (TPSA) is 151 Å². The van der Waals surface area contributed by atoms with E-state index in [0.29, 0.717) is 12.8 Å². The van der Waals surface area contributed by atoms with Crippen molar-refractivity contribution < 1.29 is 33.5 Å². The second-order valence-corrected chi connectivity index (χ2v) is 19.7. The maximum atomic E-state index is 12.9. The molecule has 0 saturated heterocycles. The molecule has 0 aliphatic rings. The SMILES string of the molecule is CCCCCCCCCCCC/C=C\CCCCCCCC(O)CC(=O)NC(COP(=O)(O)OCCN)C(O)CCCCCCCCCCCCCCCCCCCCCC. The monoisotopic (exact) mass is 887 g/mol. The average Bonchev–Trinajstić information content (AvgIpc) is 3.24. The average molecular weight is 887 g/mol. The number of hydrogen-bond acceptors (Lipinski definition) is 7. The number of hydrogen-bond donors (Lipinski definition) is 5. The summed E-state index contributed by atoms with van der Waals surface area (Å²) >= 11 is 0. The Balaban J connectivity index is 4.13. The number of carbonyl (C=O) groups is 1. The molecule has 0 rings (SSSR count). The number of rotatable bonds is 50. The van der Waals surface area contributed by atoms with E-state index in [1.807, 2.05) is 0 Å². The Morgan fingerprint density at radius 2 is 0.885 bits per heavy atom. The van der Waals surface area contributed by atoms with E-state index < -0.39 is 32.0 Å². The Kier molecular flexibility index (Phi) is 46.6. The fourth-order valence-corrected chi connectivity index (χ4v) is 8.94. The van der Waals surface area contributed by atoms with Gasteiger partial charge >= 0.3 is 7.82 Å². The van der Waals surface area contributed by atoms with Crippen LogP contribution in [0, 0.1) is 0 Å². The third kappa shape index (κ3) is 45.6. The lowest BCUT2D eigenvalue weighted by Gasteiger charge is -2.25. The molecule has 1 amide bonds. The molecule has 0 fully saturated rings. The predicted molar refractivity (Wildman–Crippen MR) is 260 cm³/mol. The van der Waals surface area contributed by atoms with Crippen LogP contribution in [0.3, 0.4) is 0 Å². The summed E-state index contributed by atoms with van der Waals surface area (Å²) in [7, 11) is -4.38. The van der Waals surface area contributed by atoms with Gasteiger partial charge in [-0.15, -0.1) is 0 Å². The van der Waals surface area contributed by atoms with Crippen LogP contribution >= 0.6 is 7.82 Å². The summed E-state index contributed by atoms with van der Waals surface area (Å²) in [5.41, 5.74) is 5.39. The van der Waals surface area contributed by atoms with E-state index in [9.17, 15) is 24.5 Å². The first-order chi connectivity index (χ1) is 29.8. The molecule has 9 nitrogen and oxygen atoms in total. The highest BCUT2D eigenvalue weighted by Gasteiger charge is 2.28. The third-order valence-electron chi connectivity index (χ3n) is 12.2. The number of phosphoric ester groups is 1. The molecule has 0 spiro atoms. The maximum Gasteiger partial charge on any atom is 0.472 e. The van der Waals surface area contributed by atoms with Crippen molar-refractivity contribution in [2.75, 3.05) is 19.8 Å². The zero-order valence-corrected chi connectivity index (χ0v) is 41.2. The van der Waals surface area contributed by atoms with Crippen LogP contribution in [0.2, 0.25) is 0 Å². The van der Waals surface area contributed by atoms with E-state index in [-0.39, 0.29) is 26.2 Å². The molecule has 0 heterocycles. The van der Waals surface area contributed by atoms with Crippen molar-refractivity contribution in [3.8, 4) is 0 Å². The van der Waals surface area contributed by atoms with E-state index in [4.69, 9.17) is 14.8 Å². The number of unbranched alkanes of at least 4 members (excludes halogenated alkanes) is 34. The normalized spacial score (nSPS) is 14.4. The molecule has 0 bridgehead atoms. The number of nitrogens with one attached hydrogen (secondary N) is 1. The number of nitrogens with two attached hydrogens (primary N) is 1. The molecule has 4 unspecified atom stereocenters. The van der Waals surface area contributed by atoms with E-state index in [0.717, 1.165) is 44.9 Å². The molecule has 10 heteroatoms. The highest BCUT2D eigenvalue weighted by Crippen LogP contribution is 2.43. The zero-order valence-electron chi connectivity index (χ0n) is 40.3. The lowest BCUT2D eigenvalue weighted by Crippen LogP contribution is -2.47. The molecule has 0 aliphatic carbocycles. The molecular formula is C51H103N2O7P. The smallest absolute Gasteiger partial charge is 0.393 e. The van der Waals surface area contributed by atoms with Crippen LogP contribution in [0.5, 0.6) is 0 Å². The minimum Gasteiger partial charge on any atom is -0.393 e. The van der Waals surface area contributed by atoms with E-state index in [1.165, 1.54) is 193 Å². The van der Waals surface area contributed by atoms with Crippen molar-refractivity contribution in [2.24, 2.45) is 5.73 Å². The Morgan fingerprint density at radius 1 is 0.541 bits per heavy atom. The Bertz CT molecular complexity index is 987. The summed E-state index contributed by atoms with van der Waals surface area (Å²) < 4.78 is 22.2. The van der Waals surface area contributed by atoms with Crippen molar-refractivity contribution >= 4 is 13.7 Å².